The predicted molar refractivity (Wildman–Crippen MR) is 88.1 cm³/mol. The number of thiophene rings is 1. The molecule has 0 bridgehead atoms. The van der Waals surface area contributed by atoms with Crippen molar-refractivity contribution in [2.45, 2.75) is 32.4 Å². The first-order chi connectivity index (χ1) is 9.15. The molecule has 19 heavy (non-hydrogen) atoms. The van der Waals surface area contributed by atoms with Crippen LogP contribution in [0.15, 0.2) is 40.9 Å². The first-order valence-corrected chi connectivity index (χ1v) is 8.35. The summed E-state index contributed by atoms with van der Waals surface area (Å²) < 4.78 is 1.82. The molecule has 1 atom stereocenters. The molecule has 0 saturated carbocycles. The van der Waals surface area contributed by atoms with Gasteiger partial charge in [0.25, 0.3) is 0 Å². The van der Waals surface area contributed by atoms with Crippen molar-refractivity contribution in [3.8, 4) is 0 Å². The second kappa shape index (κ2) is 7.44. The summed E-state index contributed by atoms with van der Waals surface area (Å²) in [5.74, 6) is 0. The van der Waals surface area contributed by atoms with Crippen LogP contribution in [0.4, 0.5) is 0 Å². The van der Waals surface area contributed by atoms with Crippen LogP contribution >= 0.6 is 38.9 Å². The van der Waals surface area contributed by atoms with Gasteiger partial charge in [-0.1, -0.05) is 41.9 Å². The molecule has 1 N–H and O–H groups in total. The summed E-state index contributed by atoms with van der Waals surface area (Å²) in [7, 11) is 0. The third kappa shape index (κ3) is 4.92. The highest BCUT2D eigenvalue weighted by Crippen LogP contribution is 2.31. The minimum atomic E-state index is 0.500. The third-order valence-corrected chi connectivity index (χ3v) is 5.50. The Morgan fingerprint density at radius 1 is 1.32 bits per heavy atom. The molecule has 102 valence electrons. The summed E-state index contributed by atoms with van der Waals surface area (Å²) in [5, 5.41) is 3.54. The van der Waals surface area contributed by atoms with Crippen molar-refractivity contribution in [1.29, 1.82) is 0 Å². The molecule has 0 aliphatic heterocycles. The number of rotatable bonds is 6. The van der Waals surface area contributed by atoms with E-state index in [1.54, 1.807) is 11.3 Å². The van der Waals surface area contributed by atoms with Crippen LogP contribution < -0.4 is 5.32 Å². The molecule has 1 aromatic carbocycles. The van der Waals surface area contributed by atoms with Crippen LogP contribution in [0.3, 0.4) is 0 Å². The van der Waals surface area contributed by atoms with Gasteiger partial charge in [-0.15, -0.1) is 11.3 Å². The van der Waals surface area contributed by atoms with Crippen LogP contribution in [0.5, 0.6) is 0 Å². The first kappa shape index (κ1) is 15.0. The van der Waals surface area contributed by atoms with E-state index in [1.807, 2.05) is 0 Å². The second-order valence-corrected chi connectivity index (χ2v) is 7.23. The SMILES string of the molecule is CC(CCc1ccccc1)NCc1cc(Br)c(Cl)s1. The van der Waals surface area contributed by atoms with Gasteiger partial charge in [0, 0.05) is 21.9 Å². The second-order valence-electron chi connectivity index (χ2n) is 4.64. The molecule has 0 saturated heterocycles. The fraction of sp³-hybridized carbons (Fsp3) is 0.333. The van der Waals surface area contributed by atoms with Gasteiger partial charge in [-0.25, -0.2) is 0 Å². The van der Waals surface area contributed by atoms with E-state index in [0.717, 1.165) is 28.2 Å². The Morgan fingerprint density at radius 2 is 2.05 bits per heavy atom. The highest BCUT2D eigenvalue weighted by molar-refractivity contribution is 9.10. The van der Waals surface area contributed by atoms with Crippen molar-refractivity contribution >= 4 is 38.9 Å². The Labute approximate surface area is 132 Å². The lowest BCUT2D eigenvalue weighted by Crippen LogP contribution is -2.25. The number of aryl methyl sites for hydroxylation is 1. The molecule has 0 spiro atoms. The fourth-order valence-electron chi connectivity index (χ4n) is 1.88. The van der Waals surface area contributed by atoms with Gasteiger partial charge in [-0.3, -0.25) is 0 Å². The molecule has 0 amide bonds. The van der Waals surface area contributed by atoms with Gasteiger partial charge in [-0.2, -0.15) is 0 Å². The van der Waals surface area contributed by atoms with Gasteiger partial charge >= 0.3 is 0 Å². The molecule has 0 radical (unpaired) electrons. The Balaban J connectivity index is 1.74. The minimum Gasteiger partial charge on any atom is -0.309 e. The van der Waals surface area contributed by atoms with E-state index < -0.39 is 0 Å². The van der Waals surface area contributed by atoms with Gasteiger partial charge in [0.05, 0.1) is 0 Å². The number of nitrogens with one attached hydrogen (secondary N) is 1. The van der Waals surface area contributed by atoms with Crippen molar-refractivity contribution in [1.82, 2.24) is 5.32 Å². The average molecular weight is 359 g/mol. The zero-order valence-electron chi connectivity index (χ0n) is 10.8. The first-order valence-electron chi connectivity index (χ1n) is 6.36. The van der Waals surface area contributed by atoms with Crippen LogP contribution in [0.25, 0.3) is 0 Å². The molecular formula is C15H17BrClNS. The molecule has 0 fully saturated rings. The molecular weight excluding hydrogens is 342 g/mol. The van der Waals surface area contributed by atoms with Crippen molar-refractivity contribution in [2.75, 3.05) is 0 Å². The molecule has 0 aliphatic carbocycles. The van der Waals surface area contributed by atoms with Crippen LogP contribution in [0.1, 0.15) is 23.8 Å². The van der Waals surface area contributed by atoms with Crippen LogP contribution in [0.2, 0.25) is 4.34 Å². The zero-order valence-corrected chi connectivity index (χ0v) is 14.0. The maximum Gasteiger partial charge on any atom is 0.107 e. The van der Waals surface area contributed by atoms with Crippen LogP contribution in [0, 0.1) is 0 Å². The van der Waals surface area contributed by atoms with E-state index >= 15 is 0 Å². The Kier molecular flexibility index (Phi) is 5.89. The molecule has 0 aliphatic rings. The fourth-order valence-corrected chi connectivity index (χ4v) is 3.62. The molecule has 2 aromatic rings. The zero-order chi connectivity index (χ0) is 13.7. The molecule has 1 aromatic heterocycles. The van der Waals surface area contributed by atoms with Crippen molar-refractivity contribution in [3.05, 3.63) is 55.6 Å². The van der Waals surface area contributed by atoms with Gasteiger partial charge in [0.15, 0.2) is 0 Å². The summed E-state index contributed by atoms with van der Waals surface area (Å²) in [6.07, 6.45) is 2.26. The maximum absolute atomic E-state index is 6.03. The van der Waals surface area contributed by atoms with E-state index in [-0.39, 0.29) is 0 Å². The van der Waals surface area contributed by atoms with E-state index in [0.29, 0.717) is 6.04 Å². The average Bonchev–Trinajstić information content (AvgIpc) is 2.74. The number of hydrogen-bond donors (Lipinski definition) is 1. The lowest BCUT2D eigenvalue weighted by Gasteiger charge is -2.12. The number of halogens is 2. The Bertz CT molecular complexity index is 493. The minimum absolute atomic E-state index is 0.500. The Hall–Kier alpha value is -0.350. The summed E-state index contributed by atoms with van der Waals surface area (Å²) in [6, 6.07) is 13.2. The van der Waals surface area contributed by atoms with Crippen molar-refractivity contribution in [3.63, 3.8) is 0 Å². The standard InChI is InChI=1S/C15H17BrClNS/c1-11(7-8-12-5-3-2-4-6-12)18-10-13-9-14(16)15(17)19-13/h2-6,9,11,18H,7-8,10H2,1H3. The van der Waals surface area contributed by atoms with Gasteiger partial charge < -0.3 is 5.32 Å². The smallest absolute Gasteiger partial charge is 0.107 e. The quantitative estimate of drug-likeness (QED) is 0.741. The molecule has 1 nitrogen and oxygen atoms in total. The van der Waals surface area contributed by atoms with Gasteiger partial charge in [0.1, 0.15) is 4.34 Å². The maximum atomic E-state index is 6.03. The summed E-state index contributed by atoms with van der Waals surface area (Å²) in [5.41, 5.74) is 1.40. The monoisotopic (exact) mass is 357 g/mol. The largest absolute Gasteiger partial charge is 0.309 e. The van der Waals surface area contributed by atoms with Crippen molar-refractivity contribution < 1.29 is 0 Å². The third-order valence-electron chi connectivity index (χ3n) is 3.03. The summed E-state index contributed by atoms with van der Waals surface area (Å²) in [4.78, 5) is 1.27. The highest BCUT2D eigenvalue weighted by Gasteiger charge is 2.06. The van der Waals surface area contributed by atoms with Crippen molar-refractivity contribution in [2.24, 2.45) is 0 Å². The Morgan fingerprint density at radius 3 is 2.68 bits per heavy atom. The number of benzene rings is 1. The summed E-state index contributed by atoms with van der Waals surface area (Å²) in [6.45, 7) is 3.11. The lowest BCUT2D eigenvalue weighted by molar-refractivity contribution is 0.516. The van der Waals surface area contributed by atoms with Crippen LogP contribution in [-0.2, 0) is 13.0 Å². The van der Waals surface area contributed by atoms with E-state index in [9.17, 15) is 0 Å². The molecule has 1 unspecified atom stereocenters. The van der Waals surface area contributed by atoms with Gasteiger partial charge in [0.2, 0.25) is 0 Å². The van der Waals surface area contributed by atoms with Crippen LogP contribution in [-0.4, -0.2) is 6.04 Å². The molecule has 2 rings (SSSR count). The molecule has 1 heterocycles. The van der Waals surface area contributed by atoms with E-state index in [1.165, 1.54) is 10.4 Å². The highest BCUT2D eigenvalue weighted by atomic mass is 79.9. The summed E-state index contributed by atoms with van der Waals surface area (Å²) >= 11 is 11.1. The normalized spacial score (nSPS) is 12.6. The molecule has 4 heteroatoms. The van der Waals surface area contributed by atoms with Gasteiger partial charge in [-0.05, 0) is 47.3 Å². The topological polar surface area (TPSA) is 12.0 Å². The number of hydrogen-bond acceptors (Lipinski definition) is 2. The predicted octanol–water partition coefficient (Wildman–Crippen LogP) is 5.27. The lowest BCUT2D eigenvalue weighted by atomic mass is 10.1. The van der Waals surface area contributed by atoms with E-state index in [4.69, 9.17) is 11.6 Å². The van der Waals surface area contributed by atoms with E-state index in [2.05, 4.69) is 64.6 Å².